The molecule has 7 nitrogen and oxygen atoms in total. The van der Waals surface area contributed by atoms with Gasteiger partial charge in [0.1, 0.15) is 23.4 Å². The number of carbonyl (C=O) groups is 2. The topological polar surface area (TPSA) is 79.1 Å². The second-order valence-electron chi connectivity index (χ2n) is 8.02. The minimum atomic E-state index is -0.687. The van der Waals surface area contributed by atoms with Crippen molar-refractivity contribution in [3.63, 3.8) is 0 Å². The lowest BCUT2D eigenvalue weighted by Crippen LogP contribution is -2.26. The number of methoxy groups -OCH3 is 1. The van der Waals surface area contributed by atoms with E-state index in [-0.39, 0.29) is 5.82 Å². The van der Waals surface area contributed by atoms with E-state index in [0.717, 1.165) is 11.8 Å². The largest absolute Gasteiger partial charge is 0.497 e. The lowest BCUT2D eigenvalue weighted by atomic mass is 10.1. The first-order valence-electron chi connectivity index (χ1n) is 10.7. The number of imidazole rings is 1. The number of halogens is 1. The molecule has 8 heteroatoms. The molecule has 1 aliphatic carbocycles. The molecule has 0 spiro atoms. The normalized spacial score (nSPS) is 16.8. The van der Waals surface area contributed by atoms with Crippen molar-refractivity contribution in [1.29, 1.82) is 0 Å². The van der Waals surface area contributed by atoms with E-state index in [1.54, 1.807) is 67.1 Å². The average Bonchev–Trinajstić information content (AvgIpc) is 3.35. The third-order valence-electron chi connectivity index (χ3n) is 5.96. The highest BCUT2D eigenvalue weighted by Gasteiger charge is 2.38. The number of aryl methyl sites for hydroxylation is 1. The van der Waals surface area contributed by atoms with E-state index in [2.05, 4.69) is 4.98 Å². The fraction of sp³-hybridized carbons (Fsp3) is 0.192. The van der Waals surface area contributed by atoms with E-state index in [9.17, 15) is 14.0 Å². The van der Waals surface area contributed by atoms with Gasteiger partial charge in [-0.25, -0.2) is 14.2 Å². The summed E-state index contributed by atoms with van der Waals surface area (Å²) in [6.45, 7) is 1.74. The number of nitrogens with zero attached hydrogens (tertiary/aromatic N) is 2. The molecule has 0 saturated heterocycles. The van der Waals surface area contributed by atoms with E-state index in [4.69, 9.17) is 14.2 Å². The molecule has 0 N–H and O–H groups in total. The highest BCUT2D eigenvalue weighted by Crippen LogP contribution is 2.39. The van der Waals surface area contributed by atoms with Crippen molar-refractivity contribution in [2.24, 2.45) is 0 Å². The van der Waals surface area contributed by atoms with E-state index in [1.165, 1.54) is 12.1 Å². The number of aldehydes is 1. The molecule has 2 aromatic carbocycles. The van der Waals surface area contributed by atoms with Gasteiger partial charge in [0.2, 0.25) is 0 Å². The SMILES string of the molecule is COc1ccc(C(=O)O[C@@H]2Cc3cc(F)ccc3[C@H]2Oc2cccn3c(C=O)c(C)nc23)cc1. The molecule has 0 radical (unpaired) electrons. The molecule has 1 aliphatic rings. The van der Waals surface area contributed by atoms with Crippen molar-refractivity contribution in [2.75, 3.05) is 7.11 Å². The molecule has 0 unspecified atom stereocenters. The first-order chi connectivity index (χ1) is 16.5. The molecule has 4 aromatic rings. The van der Waals surface area contributed by atoms with Crippen molar-refractivity contribution < 1.29 is 28.2 Å². The Kier molecular flexibility index (Phi) is 5.49. The molecule has 34 heavy (non-hydrogen) atoms. The minimum absolute atomic E-state index is 0.301. The van der Waals surface area contributed by atoms with Crippen molar-refractivity contribution in [3.05, 3.63) is 94.7 Å². The number of carbonyl (C=O) groups excluding carboxylic acids is 2. The predicted octanol–water partition coefficient (Wildman–Crippen LogP) is 4.50. The zero-order chi connectivity index (χ0) is 23.8. The van der Waals surface area contributed by atoms with Crippen LogP contribution in [0.2, 0.25) is 0 Å². The summed E-state index contributed by atoms with van der Waals surface area (Å²) in [4.78, 5) is 28.8. The van der Waals surface area contributed by atoms with Crippen LogP contribution < -0.4 is 9.47 Å². The van der Waals surface area contributed by atoms with Crippen LogP contribution >= 0.6 is 0 Å². The number of rotatable bonds is 6. The van der Waals surface area contributed by atoms with Gasteiger partial charge >= 0.3 is 5.97 Å². The monoisotopic (exact) mass is 460 g/mol. The molecule has 0 amide bonds. The van der Waals surface area contributed by atoms with Gasteiger partial charge < -0.3 is 14.2 Å². The summed E-state index contributed by atoms with van der Waals surface area (Å²) in [5.41, 5.74) is 3.27. The van der Waals surface area contributed by atoms with Gasteiger partial charge in [-0.15, -0.1) is 0 Å². The first kappa shape index (κ1) is 21.6. The Balaban J connectivity index is 1.48. The van der Waals surface area contributed by atoms with Gasteiger partial charge in [0.15, 0.2) is 23.8 Å². The molecule has 2 heterocycles. The standard InChI is InChI=1S/C26H21FN2O5/c1-15-21(14-30)29-11-3-4-22(25(29)28-15)33-24-20-10-7-18(27)12-17(20)13-23(24)34-26(31)16-5-8-19(32-2)9-6-16/h3-12,14,23-24H,13H2,1-2H3/t23-,24-/m1/s1. The van der Waals surface area contributed by atoms with Crippen LogP contribution in [-0.2, 0) is 11.2 Å². The number of aromatic nitrogens is 2. The Morgan fingerprint density at radius 1 is 1.18 bits per heavy atom. The summed E-state index contributed by atoms with van der Waals surface area (Å²) in [6, 6.07) is 14.5. The number of fused-ring (bicyclic) bond motifs is 2. The van der Waals surface area contributed by atoms with Crippen molar-refractivity contribution >= 4 is 17.9 Å². The number of hydrogen-bond acceptors (Lipinski definition) is 6. The Labute approximate surface area is 194 Å². The molecule has 0 bridgehead atoms. The highest BCUT2D eigenvalue weighted by molar-refractivity contribution is 5.89. The lowest BCUT2D eigenvalue weighted by molar-refractivity contribution is -0.00285. The number of benzene rings is 2. The summed E-state index contributed by atoms with van der Waals surface area (Å²) in [5.74, 6) is 0.152. The van der Waals surface area contributed by atoms with Crippen molar-refractivity contribution in [3.8, 4) is 11.5 Å². The van der Waals surface area contributed by atoms with Gasteiger partial charge in [-0.1, -0.05) is 6.07 Å². The zero-order valence-electron chi connectivity index (χ0n) is 18.5. The fourth-order valence-electron chi connectivity index (χ4n) is 4.27. The van der Waals surface area contributed by atoms with Crippen molar-refractivity contribution in [1.82, 2.24) is 9.38 Å². The second kappa shape index (κ2) is 8.62. The Morgan fingerprint density at radius 3 is 2.71 bits per heavy atom. The summed E-state index contributed by atoms with van der Waals surface area (Å²) in [5, 5.41) is 0. The molecule has 5 rings (SSSR count). The third-order valence-corrected chi connectivity index (χ3v) is 5.96. The van der Waals surface area contributed by atoms with E-state index in [0.29, 0.717) is 46.1 Å². The average molecular weight is 460 g/mol. The molecular formula is C26H21FN2O5. The lowest BCUT2D eigenvalue weighted by Gasteiger charge is -2.22. The zero-order valence-corrected chi connectivity index (χ0v) is 18.5. The van der Waals surface area contributed by atoms with Gasteiger partial charge in [-0.2, -0.15) is 0 Å². The Bertz CT molecular complexity index is 1400. The first-order valence-corrected chi connectivity index (χ1v) is 10.7. The van der Waals surface area contributed by atoms with Crippen molar-refractivity contribution in [2.45, 2.75) is 25.6 Å². The van der Waals surface area contributed by atoms with Crippen LogP contribution in [0.15, 0.2) is 60.8 Å². The molecule has 0 fully saturated rings. The molecule has 0 saturated carbocycles. The molecule has 2 atom stereocenters. The summed E-state index contributed by atoms with van der Waals surface area (Å²) in [7, 11) is 1.55. The second-order valence-corrected chi connectivity index (χ2v) is 8.02. The van der Waals surface area contributed by atoms with Crippen LogP contribution in [0, 0.1) is 12.7 Å². The molecule has 172 valence electrons. The van der Waals surface area contributed by atoms with Crippen LogP contribution in [-0.4, -0.2) is 34.9 Å². The van der Waals surface area contributed by atoms with Crippen LogP contribution in [0.1, 0.15) is 43.8 Å². The van der Waals surface area contributed by atoms with Gasteiger partial charge in [-0.05, 0) is 66.6 Å². The van der Waals surface area contributed by atoms with Gasteiger partial charge in [0.25, 0.3) is 0 Å². The van der Waals surface area contributed by atoms with E-state index >= 15 is 0 Å². The predicted molar refractivity (Wildman–Crippen MR) is 121 cm³/mol. The molecular weight excluding hydrogens is 439 g/mol. The maximum atomic E-state index is 13.9. The smallest absolute Gasteiger partial charge is 0.338 e. The number of pyridine rings is 1. The maximum absolute atomic E-state index is 13.9. The fourth-order valence-corrected chi connectivity index (χ4v) is 4.27. The Hall–Kier alpha value is -4.20. The molecule has 0 aliphatic heterocycles. The van der Waals surface area contributed by atoms with Crippen LogP contribution in [0.5, 0.6) is 11.5 Å². The number of hydrogen-bond donors (Lipinski definition) is 0. The van der Waals surface area contributed by atoms with Gasteiger partial charge in [-0.3, -0.25) is 9.20 Å². The molecule has 2 aromatic heterocycles. The number of ether oxygens (including phenoxy) is 3. The third kappa shape index (κ3) is 3.77. The summed E-state index contributed by atoms with van der Waals surface area (Å²) >= 11 is 0. The Morgan fingerprint density at radius 2 is 1.97 bits per heavy atom. The minimum Gasteiger partial charge on any atom is -0.497 e. The van der Waals surface area contributed by atoms with Crippen LogP contribution in [0.3, 0.4) is 0 Å². The summed E-state index contributed by atoms with van der Waals surface area (Å²) < 4.78 is 32.9. The van der Waals surface area contributed by atoms with Crippen LogP contribution in [0.4, 0.5) is 4.39 Å². The summed E-state index contributed by atoms with van der Waals surface area (Å²) in [6.07, 6.45) is 1.40. The maximum Gasteiger partial charge on any atom is 0.338 e. The van der Waals surface area contributed by atoms with Crippen LogP contribution in [0.25, 0.3) is 5.65 Å². The van der Waals surface area contributed by atoms with E-state index in [1.807, 2.05) is 0 Å². The van der Waals surface area contributed by atoms with Gasteiger partial charge in [0, 0.05) is 12.6 Å². The van der Waals surface area contributed by atoms with Gasteiger partial charge in [0.05, 0.1) is 18.4 Å². The quantitative estimate of drug-likeness (QED) is 0.311. The number of esters is 1. The highest BCUT2D eigenvalue weighted by atomic mass is 19.1. The van der Waals surface area contributed by atoms with E-state index < -0.39 is 18.2 Å².